The third-order valence-corrected chi connectivity index (χ3v) is 13.8. The lowest BCUT2D eigenvalue weighted by Crippen LogP contribution is -2.35. The molecule has 67 heavy (non-hydrogen) atoms. The molecule has 3 N–H and O–H groups in total. The van der Waals surface area contributed by atoms with Gasteiger partial charge in [0.25, 0.3) is 0 Å². The van der Waals surface area contributed by atoms with Crippen LogP contribution in [0.15, 0.2) is 109 Å². The Labute approximate surface area is 389 Å². The molecule has 0 spiro atoms. The van der Waals surface area contributed by atoms with Gasteiger partial charge in [0, 0.05) is 52.6 Å². The molecule has 0 aliphatic heterocycles. The van der Waals surface area contributed by atoms with E-state index in [1.54, 1.807) is 28.4 Å². The van der Waals surface area contributed by atoms with E-state index < -0.39 is 48.1 Å². The van der Waals surface area contributed by atoms with E-state index in [1.807, 2.05) is 62.4 Å². The van der Waals surface area contributed by atoms with Crippen molar-refractivity contribution >= 4 is 29.8 Å². The largest absolute Gasteiger partial charge is 0.439 e. The predicted molar refractivity (Wildman–Crippen MR) is 244 cm³/mol. The number of ether oxygens (including phenoxy) is 2. The SMILES string of the molecule is CCS(=O)(=O)Cl.CCn1nc(-c2cccc(C3(N)CC3)c2)cc1Oc1ccc(C(F)(F)F)cc1.CCn1nc(-c2cccc(C3(NS(=O)(=O)CC)CC3)c2)cc1Oc1ccc(C(F)(F)F)cc1. The van der Waals surface area contributed by atoms with Crippen LogP contribution < -0.4 is 19.9 Å². The highest BCUT2D eigenvalue weighted by atomic mass is 35.7. The fourth-order valence-corrected chi connectivity index (χ4v) is 7.76. The summed E-state index contributed by atoms with van der Waals surface area (Å²) in [5.41, 5.74) is 9.04. The molecule has 0 radical (unpaired) electrons. The summed E-state index contributed by atoms with van der Waals surface area (Å²) in [6.07, 6.45) is -5.39. The van der Waals surface area contributed by atoms with E-state index in [9.17, 15) is 43.2 Å². The Morgan fingerprint density at radius 1 is 0.627 bits per heavy atom. The van der Waals surface area contributed by atoms with Crippen LogP contribution in [0.2, 0.25) is 0 Å². The summed E-state index contributed by atoms with van der Waals surface area (Å²) >= 11 is 0. The Hall–Kier alpha value is -5.41. The third kappa shape index (κ3) is 13.4. The van der Waals surface area contributed by atoms with Gasteiger partial charge < -0.3 is 15.2 Å². The van der Waals surface area contributed by atoms with Crippen LogP contribution in [0, 0.1) is 0 Å². The van der Waals surface area contributed by atoms with Gasteiger partial charge in [0.2, 0.25) is 30.8 Å². The van der Waals surface area contributed by atoms with Crippen molar-refractivity contribution < 1.29 is 52.7 Å². The number of nitrogens with one attached hydrogen (secondary N) is 1. The highest BCUT2D eigenvalue weighted by Gasteiger charge is 2.47. The van der Waals surface area contributed by atoms with Gasteiger partial charge in [0.15, 0.2) is 0 Å². The predicted octanol–water partition coefficient (Wildman–Crippen LogP) is 11.2. The summed E-state index contributed by atoms with van der Waals surface area (Å²) in [6, 6.07) is 28.1. The number of aryl methyl sites for hydroxylation is 2. The minimum atomic E-state index is -4.41. The third-order valence-electron chi connectivity index (χ3n) is 11.0. The molecular weight excluding hydrogens is 946 g/mol. The average Bonchev–Trinajstić information content (AvgIpc) is 4.15. The van der Waals surface area contributed by atoms with Gasteiger partial charge in [-0.25, -0.2) is 30.9 Å². The average molecular weight is 996 g/mol. The number of alkyl halides is 6. The Morgan fingerprint density at radius 3 is 1.37 bits per heavy atom. The number of benzene rings is 4. The first-order chi connectivity index (χ1) is 31.4. The molecule has 8 rings (SSSR count). The monoisotopic (exact) mass is 994 g/mol. The van der Waals surface area contributed by atoms with Crippen LogP contribution in [0.5, 0.6) is 23.3 Å². The summed E-state index contributed by atoms with van der Waals surface area (Å²) in [5, 5.41) is 9.13. The van der Waals surface area contributed by atoms with Gasteiger partial charge in [-0.05, 0) is 118 Å². The zero-order valence-electron chi connectivity index (χ0n) is 36.8. The minimum absolute atomic E-state index is 0.00849. The normalized spacial score (nSPS) is 15.1. The zero-order valence-corrected chi connectivity index (χ0v) is 39.2. The smallest absolute Gasteiger partial charge is 0.416 e. The first kappa shape index (κ1) is 51.0. The Morgan fingerprint density at radius 2 is 1.03 bits per heavy atom. The minimum Gasteiger partial charge on any atom is -0.439 e. The van der Waals surface area contributed by atoms with Crippen LogP contribution >= 0.6 is 10.7 Å². The number of hydrogen-bond donors (Lipinski definition) is 2. The zero-order chi connectivity index (χ0) is 49.0. The lowest BCUT2D eigenvalue weighted by molar-refractivity contribution is -0.138. The van der Waals surface area contributed by atoms with Crippen molar-refractivity contribution in [3.8, 4) is 45.8 Å². The van der Waals surface area contributed by atoms with Crippen molar-refractivity contribution in [1.82, 2.24) is 24.3 Å². The van der Waals surface area contributed by atoms with Crippen LogP contribution in [-0.4, -0.2) is 47.9 Å². The molecule has 0 saturated heterocycles. The molecule has 4 aromatic carbocycles. The van der Waals surface area contributed by atoms with E-state index in [0.717, 1.165) is 77.9 Å². The topological polar surface area (TPSA) is 160 Å². The molecule has 0 unspecified atom stereocenters. The molecule has 2 heterocycles. The molecule has 6 aromatic rings. The molecule has 21 heteroatoms. The van der Waals surface area contributed by atoms with Gasteiger partial charge in [-0.3, -0.25) is 0 Å². The molecule has 0 bridgehead atoms. The van der Waals surface area contributed by atoms with E-state index >= 15 is 0 Å². The molecule has 360 valence electrons. The van der Waals surface area contributed by atoms with Gasteiger partial charge >= 0.3 is 12.4 Å². The molecule has 0 atom stereocenters. The molecule has 12 nitrogen and oxygen atoms in total. The number of rotatable bonds is 14. The number of hydrogen-bond acceptors (Lipinski definition) is 9. The summed E-state index contributed by atoms with van der Waals surface area (Å²) < 4.78 is 138. The van der Waals surface area contributed by atoms with Gasteiger partial charge in [-0.15, -0.1) is 0 Å². The number of sulfonamides is 1. The number of aromatic nitrogens is 4. The highest BCUT2D eigenvalue weighted by Crippen LogP contribution is 2.47. The van der Waals surface area contributed by atoms with Crippen LogP contribution in [0.4, 0.5) is 26.3 Å². The second kappa shape index (κ2) is 20.0. The standard InChI is InChI=1S/C23H24F3N3O3S.C21H20F3N3O.C2H5ClO2S/c1-3-29-21(32-19-10-8-17(9-11-19)23(24,25)26)15-20(27-29)16-6-5-7-18(14-16)22(12-13-22)28-33(30,31)4-2;1-2-27-19(28-17-8-6-15(7-9-17)21(22,23)24)13-18(26-27)14-4-3-5-16(12-14)20(25)10-11-20;1-2-6(3,4)5/h5-11,14-15,28H,3-4,12-13H2,1-2H3;3-9,12-13H,2,10-11,25H2,1H3;2H2,1H3. The van der Waals surface area contributed by atoms with Crippen molar-refractivity contribution in [2.24, 2.45) is 5.73 Å². The number of nitrogens with two attached hydrogens (primary N) is 1. The van der Waals surface area contributed by atoms with Crippen molar-refractivity contribution in [2.45, 2.75) is 89.9 Å². The van der Waals surface area contributed by atoms with Crippen molar-refractivity contribution in [3.05, 3.63) is 131 Å². The molecule has 2 aliphatic rings. The Kier molecular flexibility index (Phi) is 15.3. The van der Waals surface area contributed by atoms with Crippen molar-refractivity contribution in [3.63, 3.8) is 0 Å². The summed E-state index contributed by atoms with van der Waals surface area (Å²) in [5.74, 6) is 1.47. The molecule has 2 aromatic heterocycles. The molecule has 2 fully saturated rings. The summed E-state index contributed by atoms with van der Waals surface area (Å²) in [4.78, 5) is 0. The first-order valence-corrected chi connectivity index (χ1v) is 25.3. The quantitative estimate of drug-likeness (QED) is 0.0799. The molecule has 2 saturated carbocycles. The van der Waals surface area contributed by atoms with Crippen molar-refractivity contribution in [1.29, 1.82) is 0 Å². The van der Waals surface area contributed by atoms with Crippen LogP contribution in [0.3, 0.4) is 0 Å². The molecular formula is C46H49ClF6N6O6S2. The van der Waals surface area contributed by atoms with E-state index in [-0.39, 0.29) is 22.8 Å². The first-order valence-electron chi connectivity index (χ1n) is 21.2. The van der Waals surface area contributed by atoms with Crippen LogP contribution in [0.25, 0.3) is 22.5 Å². The van der Waals surface area contributed by atoms with Gasteiger partial charge in [-0.1, -0.05) is 43.3 Å². The molecule has 2 aliphatic carbocycles. The van der Waals surface area contributed by atoms with Gasteiger partial charge in [0.1, 0.15) is 11.5 Å². The maximum Gasteiger partial charge on any atom is 0.416 e. The number of halogens is 7. The second-order valence-corrected chi connectivity index (χ2v) is 20.9. The lowest BCUT2D eigenvalue weighted by Gasteiger charge is -2.18. The Balaban J connectivity index is 0.000000199. The summed E-state index contributed by atoms with van der Waals surface area (Å²) in [6.45, 7) is 7.95. The summed E-state index contributed by atoms with van der Waals surface area (Å²) in [7, 11) is -1.85. The van der Waals surface area contributed by atoms with E-state index in [0.29, 0.717) is 36.3 Å². The maximum absolute atomic E-state index is 12.8. The Bertz CT molecular complexity index is 2880. The van der Waals surface area contributed by atoms with Gasteiger partial charge in [-0.2, -0.15) is 36.5 Å². The highest BCUT2D eigenvalue weighted by molar-refractivity contribution is 8.13. The van der Waals surface area contributed by atoms with Gasteiger partial charge in [0.05, 0.1) is 39.6 Å². The number of nitrogens with zero attached hydrogens (tertiary/aromatic N) is 4. The lowest BCUT2D eigenvalue weighted by atomic mass is 10.0. The van der Waals surface area contributed by atoms with E-state index in [4.69, 9.17) is 15.2 Å². The fourth-order valence-electron chi connectivity index (χ4n) is 6.70. The molecule has 0 amide bonds. The van der Waals surface area contributed by atoms with E-state index in [2.05, 4.69) is 25.6 Å². The second-order valence-electron chi connectivity index (χ2n) is 15.8. The van der Waals surface area contributed by atoms with E-state index in [1.165, 1.54) is 31.2 Å². The van der Waals surface area contributed by atoms with Crippen molar-refractivity contribution in [2.75, 3.05) is 11.5 Å². The fraction of sp³-hybridized carbons (Fsp3) is 0.348. The maximum atomic E-state index is 12.8. The van der Waals surface area contributed by atoms with Crippen LogP contribution in [-0.2, 0) is 55.6 Å². The van der Waals surface area contributed by atoms with Crippen LogP contribution in [0.1, 0.15) is 75.6 Å².